The van der Waals surface area contributed by atoms with Gasteiger partial charge in [-0.25, -0.2) is 0 Å². The Morgan fingerprint density at radius 2 is 1.15 bits per heavy atom. The molecule has 0 saturated carbocycles. The number of hydrogen-bond acceptors (Lipinski definition) is 6. The summed E-state index contributed by atoms with van der Waals surface area (Å²) < 4.78 is 10.2. The quantitative estimate of drug-likeness (QED) is 0.527. The van der Waals surface area contributed by atoms with Crippen molar-refractivity contribution in [3.63, 3.8) is 0 Å². The fourth-order valence-electron chi connectivity index (χ4n) is 1.59. The van der Waals surface area contributed by atoms with Crippen molar-refractivity contribution in [1.29, 1.82) is 0 Å². The van der Waals surface area contributed by atoms with Crippen molar-refractivity contribution in [1.82, 2.24) is 9.80 Å². The van der Waals surface area contributed by atoms with Crippen LogP contribution in [0.25, 0.3) is 0 Å². The number of nitrogens with zero attached hydrogens (tertiary/aromatic N) is 2. The molecule has 0 saturated heterocycles. The minimum absolute atomic E-state index is 0. The van der Waals surface area contributed by atoms with E-state index < -0.39 is 0 Å². The van der Waals surface area contributed by atoms with Gasteiger partial charge >= 0.3 is 14.6 Å². The molecule has 2 amide bonds. The Bertz CT molecular complexity index is 462. The van der Waals surface area contributed by atoms with E-state index >= 15 is 0 Å². The van der Waals surface area contributed by atoms with Gasteiger partial charge in [0.15, 0.2) is 11.6 Å². The molecule has 0 heterocycles. The largest absolute Gasteiger partial charge is 0.380 e. The maximum atomic E-state index is 11.8. The van der Waals surface area contributed by atoms with Crippen molar-refractivity contribution in [3.05, 3.63) is 0 Å². The van der Waals surface area contributed by atoms with Crippen LogP contribution in [0.4, 0.5) is 9.59 Å². The second-order valence-corrected chi connectivity index (χ2v) is 6.08. The minimum Gasteiger partial charge on any atom is -0.380 e. The highest BCUT2D eigenvalue weighted by atomic mass is 16.5. The fourth-order valence-corrected chi connectivity index (χ4v) is 1.59. The van der Waals surface area contributed by atoms with Gasteiger partial charge in [0.05, 0.1) is 23.6 Å². The molecule has 0 spiro atoms. The van der Waals surface area contributed by atoms with Crippen LogP contribution in [0.5, 0.6) is 0 Å². The van der Waals surface area contributed by atoms with E-state index in [2.05, 4.69) is 0 Å². The molecular formula is C17H34B2N2O6. The van der Waals surface area contributed by atoms with Gasteiger partial charge in [0.1, 0.15) is 0 Å². The number of rotatable bonds is 10. The lowest BCUT2D eigenvalue weighted by molar-refractivity contribution is -0.110. The van der Waals surface area contributed by atoms with E-state index in [0.29, 0.717) is 13.1 Å². The van der Waals surface area contributed by atoms with E-state index in [1.807, 2.05) is 13.8 Å². The highest BCUT2D eigenvalue weighted by Crippen LogP contribution is 2.01. The molecule has 10 heteroatoms. The van der Waals surface area contributed by atoms with E-state index in [1.54, 1.807) is 33.2 Å². The molecule has 27 heavy (non-hydrogen) atoms. The Morgan fingerprint density at radius 3 is 1.37 bits per heavy atom. The van der Waals surface area contributed by atoms with Gasteiger partial charge in [-0.15, -0.1) is 0 Å². The number of carbonyl (C=O) groups excluding carboxylic acids is 4. The van der Waals surface area contributed by atoms with Crippen molar-refractivity contribution in [2.75, 3.05) is 41.4 Å². The standard InChI is InChI=1S/C11H21BNO4.C5H9BNO2.CH4/c1-8(16-4)6-13(7-9(2)17-5)11(15)12-10(3)14;1-4(8)6-5(9)7(2)3;/h8-9H,6-7H2,1-5H3;1-3H3;1H4. The van der Waals surface area contributed by atoms with Crippen molar-refractivity contribution in [2.24, 2.45) is 0 Å². The summed E-state index contributed by atoms with van der Waals surface area (Å²) >= 11 is 0. The maximum Gasteiger partial charge on any atom is 0.320 e. The van der Waals surface area contributed by atoms with Crippen molar-refractivity contribution < 1.29 is 28.7 Å². The normalized spacial score (nSPS) is 11.6. The summed E-state index contributed by atoms with van der Waals surface area (Å²) in [5, 5.41) is 0. The molecule has 8 nitrogen and oxygen atoms in total. The molecule has 0 aliphatic heterocycles. The third-order valence-electron chi connectivity index (χ3n) is 3.17. The van der Waals surface area contributed by atoms with Crippen LogP contribution >= 0.6 is 0 Å². The third kappa shape index (κ3) is 17.5. The van der Waals surface area contributed by atoms with Crippen molar-refractivity contribution in [3.8, 4) is 0 Å². The SMILES string of the molecule is C.CC(=O)[B]C(=O)N(C)C.COC(C)CN(CC(C)OC)C(=O)[B]C(C)=O. The van der Waals surface area contributed by atoms with Gasteiger partial charge in [0, 0.05) is 41.4 Å². The summed E-state index contributed by atoms with van der Waals surface area (Å²) in [4.78, 5) is 46.5. The van der Waals surface area contributed by atoms with Crippen molar-refractivity contribution >= 4 is 37.5 Å². The summed E-state index contributed by atoms with van der Waals surface area (Å²) in [7, 11) is 8.51. The number of carbonyl (C=O) groups is 4. The predicted octanol–water partition coefficient (Wildman–Crippen LogP) is 1.28. The Labute approximate surface area is 165 Å². The van der Waals surface area contributed by atoms with Crippen LogP contribution in [0.2, 0.25) is 0 Å². The minimum atomic E-state index is -0.301. The number of hydrogen-bond donors (Lipinski definition) is 0. The van der Waals surface area contributed by atoms with Crippen LogP contribution < -0.4 is 0 Å². The third-order valence-corrected chi connectivity index (χ3v) is 3.17. The Balaban J connectivity index is -0.000000491. The van der Waals surface area contributed by atoms with Crippen LogP contribution in [0.1, 0.15) is 35.1 Å². The lowest BCUT2D eigenvalue weighted by Gasteiger charge is -2.27. The first kappa shape index (κ1) is 30.1. The maximum absolute atomic E-state index is 11.8. The summed E-state index contributed by atoms with van der Waals surface area (Å²) in [5.41, 5.74) is -0.469. The molecule has 0 rings (SSSR count). The summed E-state index contributed by atoms with van der Waals surface area (Å²) in [6, 6.07) is 0. The van der Waals surface area contributed by atoms with Gasteiger partial charge in [-0.1, -0.05) is 7.43 Å². The molecule has 0 aromatic rings. The molecule has 0 aliphatic rings. The highest BCUT2D eigenvalue weighted by molar-refractivity contribution is 6.97. The molecular weight excluding hydrogens is 350 g/mol. The van der Waals surface area contributed by atoms with Gasteiger partial charge < -0.3 is 28.9 Å². The zero-order valence-corrected chi connectivity index (χ0v) is 17.1. The predicted molar refractivity (Wildman–Crippen MR) is 109 cm³/mol. The molecule has 0 bridgehead atoms. The van der Waals surface area contributed by atoms with Crippen molar-refractivity contribution in [2.45, 2.75) is 47.3 Å². The number of ether oxygens (including phenoxy) is 2. The summed E-state index contributed by atoms with van der Waals surface area (Å²) in [6.45, 7) is 7.31. The average molecular weight is 384 g/mol. The van der Waals surface area contributed by atoms with E-state index in [0.717, 1.165) is 14.6 Å². The molecule has 0 N–H and O–H groups in total. The lowest BCUT2D eigenvalue weighted by Crippen LogP contribution is -2.44. The molecule has 0 aromatic heterocycles. The Morgan fingerprint density at radius 1 is 0.815 bits per heavy atom. The average Bonchev–Trinajstić information content (AvgIpc) is 2.52. The molecule has 2 unspecified atom stereocenters. The Hall–Kier alpha value is -1.67. The zero-order chi connectivity index (χ0) is 20.9. The van der Waals surface area contributed by atoms with E-state index in [-0.39, 0.29) is 42.6 Å². The first-order valence-electron chi connectivity index (χ1n) is 8.20. The molecule has 0 aliphatic carbocycles. The van der Waals surface area contributed by atoms with Gasteiger partial charge in [0.2, 0.25) is 0 Å². The summed E-state index contributed by atoms with van der Waals surface area (Å²) in [6.07, 6.45) is -0.160. The highest BCUT2D eigenvalue weighted by Gasteiger charge is 2.21. The molecule has 0 aromatic carbocycles. The molecule has 0 fully saturated rings. The number of methoxy groups -OCH3 is 2. The van der Waals surface area contributed by atoms with Gasteiger partial charge in [0.25, 0.3) is 0 Å². The molecule has 2 radical (unpaired) electrons. The van der Waals surface area contributed by atoms with E-state index in [9.17, 15) is 19.2 Å². The molecule has 154 valence electrons. The van der Waals surface area contributed by atoms with Gasteiger partial charge in [-0.05, 0) is 27.7 Å². The second-order valence-electron chi connectivity index (χ2n) is 6.08. The zero-order valence-electron chi connectivity index (χ0n) is 17.1. The van der Waals surface area contributed by atoms with Crippen LogP contribution in [0.15, 0.2) is 0 Å². The molecule has 2 atom stereocenters. The smallest absolute Gasteiger partial charge is 0.320 e. The second kappa shape index (κ2) is 16.5. The topological polar surface area (TPSA) is 93.2 Å². The van der Waals surface area contributed by atoms with Gasteiger partial charge in [-0.2, -0.15) is 0 Å². The van der Waals surface area contributed by atoms with Gasteiger partial charge in [-0.3, -0.25) is 9.59 Å². The monoisotopic (exact) mass is 384 g/mol. The first-order valence-corrected chi connectivity index (χ1v) is 8.20. The number of amides is 2. The van der Waals surface area contributed by atoms with E-state index in [1.165, 1.54) is 18.7 Å². The van der Waals surface area contributed by atoms with Crippen LogP contribution in [-0.2, 0) is 19.1 Å². The summed E-state index contributed by atoms with van der Waals surface area (Å²) in [5.74, 6) is -0.562. The van der Waals surface area contributed by atoms with Crippen LogP contribution in [-0.4, -0.2) is 101 Å². The van der Waals surface area contributed by atoms with Crippen LogP contribution in [0.3, 0.4) is 0 Å². The lowest BCUT2D eigenvalue weighted by atomic mass is 9.72. The fraction of sp³-hybridized carbons (Fsp3) is 0.765. The Kier molecular flexibility index (Phi) is 18.4. The van der Waals surface area contributed by atoms with E-state index in [4.69, 9.17) is 9.47 Å². The van der Waals surface area contributed by atoms with Crippen LogP contribution in [0, 0.1) is 0 Å². The first-order chi connectivity index (χ1) is 11.9.